The SMILES string of the molecule is CCS(=O)(=O)NC(=O)CC(N)C1CC1. The number of sulfonamides is 1. The third kappa shape index (κ3) is 3.63. The zero-order valence-electron chi connectivity index (χ0n) is 8.19. The van der Waals surface area contributed by atoms with Gasteiger partial charge in [0.2, 0.25) is 15.9 Å². The van der Waals surface area contributed by atoms with E-state index in [0.29, 0.717) is 5.92 Å². The number of rotatable bonds is 5. The van der Waals surface area contributed by atoms with Crippen LogP contribution in [-0.4, -0.2) is 26.1 Å². The molecule has 6 heteroatoms. The maximum atomic E-state index is 11.2. The second kappa shape index (κ2) is 4.27. The van der Waals surface area contributed by atoms with Crippen molar-refractivity contribution in [1.82, 2.24) is 4.72 Å². The van der Waals surface area contributed by atoms with E-state index < -0.39 is 15.9 Å². The van der Waals surface area contributed by atoms with Crippen LogP contribution in [0.3, 0.4) is 0 Å². The monoisotopic (exact) mass is 220 g/mol. The Morgan fingerprint density at radius 1 is 1.57 bits per heavy atom. The van der Waals surface area contributed by atoms with Gasteiger partial charge < -0.3 is 5.73 Å². The van der Waals surface area contributed by atoms with E-state index in [0.717, 1.165) is 12.8 Å². The average molecular weight is 220 g/mol. The normalized spacial score (nSPS) is 19.0. The van der Waals surface area contributed by atoms with Crippen LogP contribution in [0.15, 0.2) is 0 Å². The van der Waals surface area contributed by atoms with Crippen LogP contribution < -0.4 is 10.5 Å². The zero-order chi connectivity index (χ0) is 10.8. The lowest BCUT2D eigenvalue weighted by atomic mass is 10.1. The Labute approximate surface area is 84.1 Å². The van der Waals surface area contributed by atoms with Crippen LogP contribution >= 0.6 is 0 Å². The van der Waals surface area contributed by atoms with Crippen molar-refractivity contribution < 1.29 is 13.2 Å². The lowest BCUT2D eigenvalue weighted by Gasteiger charge is -2.09. The van der Waals surface area contributed by atoms with Crippen LogP contribution in [0.1, 0.15) is 26.2 Å². The Morgan fingerprint density at radius 2 is 2.14 bits per heavy atom. The molecule has 0 aromatic heterocycles. The molecule has 1 unspecified atom stereocenters. The molecular formula is C8H16N2O3S. The van der Waals surface area contributed by atoms with Gasteiger partial charge in [0.25, 0.3) is 0 Å². The van der Waals surface area contributed by atoms with Crippen molar-refractivity contribution in [3.05, 3.63) is 0 Å². The van der Waals surface area contributed by atoms with Gasteiger partial charge in [0, 0.05) is 12.5 Å². The van der Waals surface area contributed by atoms with Crippen LogP contribution in [0.2, 0.25) is 0 Å². The summed E-state index contributed by atoms with van der Waals surface area (Å²) in [4.78, 5) is 11.2. The molecule has 1 amide bonds. The molecule has 1 atom stereocenters. The molecule has 0 aromatic carbocycles. The van der Waals surface area contributed by atoms with Crippen molar-refractivity contribution in [2.45, 2.75) is 32.2 Å². The lowest BCUT2D eigenvalue weighted by Crippen LogP contribution is -2.37. The molecule has 14 heavy (non-hydrogen) atoms. The fourth-order valence-corrected chi connectivity index (χ4v) is 1.77. The third-order valence-corrected chi connectivity index (χ3v) is 3.60. The molecule has 0 spiro atoms. The topological polar surface area (TPSA) is 89.3 Å². The van der Waals surface area contributed by atoms with Crippen LogP contribution in [0, 0.1) is 5.92 Å². The molecule has 0 bridgehead atoms. The van der Waals surface area contributed by atoms with E-state index in [1.165, 1.54) is 6.92 Å². The van der Waals surface area contributed by atoms with Gasteiger partial charge in [-0.25, -0.2) is 8.42 Å². The van der Waals surface area contributed by atoms with Crippen LogP contribution in [0.25, 0.3) is 0 Å². The first kappa shape index (κ1) is 11.5. The van der Waals surface area contributed by atoms with Gasteiger partial charge in [0.1, 0.15) is 0 Å². The molecule has 1 rings (SSSR count). The van der Waals surface area contributed by atoms with E-state index in [2.05, 4.69) is 0 Å². The number of carbonyl (C=O) groups excluding carboxylic acids is 1. The first-order valence-electron chi connectivity index (χ1n) is 4.73. The fourth-order valence-electron chi connectivity index (χ4n) is 1.19. The molecule has 1 aliphatic rings. The van der Waals surface area contributed by atoms with Crippen molar-refractivity contribution in [1.29, 1.82) is 0 Å². The van der Waals surface area contributed by atoms with Crippen molar-refractivity contribution >= 4 is 15.9 Å². The molecule has 1 saturated carbocycles. The minimum absolute atomic E-state index is 0.0859. The molecule has 5 nitrogen and oxygen atoms in total. The van der Waals surface area contributed by atoms with Gasteiger partial charge in [-0.2, -0.15) is 0 Å². The van der Waals surface area contributed by atoms with Gasteiger partial charge in [-0.1, -0.05) is 0 Å². The Kier molecular flexibility index (Phi) is 3.49. The summed E-state index contributed by atoms with van der Waals surface area (Å²) < 4.78 is 24.0. The highest BCUT2D eigenvalue weighted by Crippen LogP contribution is 2.32. The Bertz CT molecular complexity index is 309. The number of carbonyl (C=O) groups is 1. The van der Waals surface area contributed by atoms with Crippen LogP contribution in [-0.2, 0) is 14.8 Å². The maximum Gasteiger partial charge on any atom is 0.234 e. The Morgan fingerprint density at radius 3 is 2.57 bits per heavy atom. The first-order chi connectivity index (χ1) is 6.44. The summed E-state index contributed by atoms with van der Waals surface area (Å²) in [5, 5.41) is 0. The first-order valence-corrected chi connectivity index (χ1v) is 6.38. The summed E-state index contributed by atoms with van der Waals surface area (Å²) in [6.45, 7) is 1.48. The molecule has 0 saturated heterocycles. The maximum absolute atomic E-state index is 11.2. The predicted octanol–water partition coefficient (Wildman–Crippen LogP) is -0.420. The Balaban J connectivity index is 2.35. The lowest BCUT2D eigenvalue weighted by molar-refractivity contribution is -0.119. The smallest absolute Gasteiger partial charge is 0.234 e. The molecule has 1 aliphatic carbocycles. The van der Waals surface area contributed by atoms with E-state index in [1.807, 2.05) is 4.72 Å². The molecule has 0 aliphatic heterocycles. The summed E-state index contributed by atoms with van der Waals surface area (Å²) in [6.07, 6.45) is 2.20. The molecular weight excluding hydrogens is 204 g/mol. The number of hydrogen-bond acceptors (Lipinski definition) is 4. The average Bonchev–Trinajstić information content (AvgIpc) is 2.84. The fraction of sp³-hybridized carbons (Fsp3) is 0.875. The largest absolute Gasteiger partial charge is 0.327 e. The molecule has 0 heterocycles. The minimum Gasteiger partial charge on any atom is -0.327 e. The quantitative estimate of drug-likeness (QED) is 0.658. The molecule has 1 fully saturated rings. The summed E-state index contributed by atoms with van der Waals surface area (Å²) in [6, 6.07) is -0.193. The summed E-state index contributed by atoms with van der Waals surface area (Å²) >= 11 is 0. The molecule has 0 aromatic rings. The van der Waals surface area contributed by atoms with Gasteiger partial charge in [0.05, 0.1) is 5.75 Å². The summed E-state index contributed by atoms with van der Waals surface area (Å²) in [5.41, 5.74) is 5.68. The number of nitrogens with one attached hydrogen (secondary N) is 1. The highest BCUT2D eigenvalue weighted by molar-refractivity contribution is 7.90. The van der Waals surface area contributed by atoms with E-state index in [-0.39, 0.29) is 18.2 Å². The third-order valence-electron chi connectivity index (χ3n) is 2.30. The van der Waals surface area contributed by atoms with Crippen molar-refractivity contribution in [3.63, 3.8) is 0 Å². The second-order valence-electron chi connectivity index (χ2n) is 3.63. The standard InChI is InChI=1S/C8H16N2O3S/c1-2-14(12,13)10-8(11)5-7(9)6-3-4-6/h6-7H,2-5,9H2,1H3,(H,10,11). The van der Waals surface area contributed by atoms with Gasteiger partial charge in [0.15, 0.2) is 0 Å². The van der Waals surface area contributed by atoms with E-state index in [1.54, 1.807) is 0 Å². The molecule has 3 N–H and O–H groups in total. The second-order valence-corrected chi connectivity index (χ2v) is 5.65. The van der Waals surface area contributed by atoms with Crippen LogP contribution in [0.5, 0.6) is 0 Å². The Hall–Kier alpha value is -0.620. The van der Waals surface area contributed by atoms with Gasteiger partial charge in [-0.15, -0.1) is 0 Å². The zero-order valence-corrected chi connectivity index (χ0v) is 9.01. The minimum atomic E-state index is -3.42. The van der Waals surface area contributed by atoms with Crippen molar-refractivity contribution in [2.24, 2.45) is 11.7 Å². The van der Waals surface area contributed by atoms with Gasteiger partial charge in [-0.05, 0) is 25.7 Å². The highest BCUT2D eigenvalue weighted by atomic mass is 32.2. The predicted molar refractivity (Wildman–Crippen MR) is 52.9 cm³/mol. The number of amides is 1. The summed E-state index contributed by atoms with van der Waals surface area (Å²) in [5.74, 6) is -0.173. The number of nitrogens with two attached hydrogens (primary N) is 1. The van der Waals surface area contributed by atoms with Crippen LogP contribution in [0.4, 0.5) is 0 Å². The number of hydrogen-bond donors (Lipinski definition) is 2. The summed E-state index contributed by atoms with van der Waals surface area (Å²) in [7, 11) is -3.42. The van der Waals surface area contributed by atoms with E-state index >= 15 is 0 Å². The van der Waals surface area contributed by atoms with Gasteiger partial charge in [-0.3, -0.25) is 9.52 Å². The molecule has 0 radical (unpaired) electrons. The van der Waals surface area contributed by atoms with Gasteiger partial charge >= 0.3 is 0 Å². The van der Waals surface area contributed by atoms with E-state index in [9.17, 15) is 13.2 Å². The molecule has 82 valence electrons. The highest BCUT2D eigenvalue weighted by Gasteiger charge is 2.30. The van der Waals surface area contributed by atoms with E-state index in [4.69, 9.17) is 5.73 Å². The van der Waals surface area contributed by atoms with Crippen molar-refractivity contribution in [2.75, 3.05) is 5.75 Å². The van der Waals surface area contributed by atoms with Crippen molar-refractivity contribution in [3.8, 4) is 0 Å².